The van der Waals surface area contributed by atoms with E-state index in [0.717, 1.165) is 31.2 Å². The summed E-state index contributed by atoms with van der Waals surface area (Å²) >= 11 is 0. The molecule has 0 aromatic heterocycles. The van der Waals surface area contributed by atoms with Gasteiger partial charge in [-0.3, -0.25) is 14.4 Å². The summed E-state index contributed by atoms with van der Waals surface area (Å²) in [5.41, 5.74) is 1.33. The first-order chi connectivity index (χ1) is 13.8. The number of aliphatic imine (C=N–C) groups is 1. The smallest absolute Gasteiger partial charge is 0.262 e. The van der Waals surface area contributed by atoms with E-state index in [2.05, 4.69) is 14.4 Å². The number of nitrogens with one attached hydrogen (secondary N) is 2. The molecule has 0 amide bonds. The molecule has 29 heavy (non-hydrogen) atoms. The van der Waals surface area contributed by atoms with Gasteiger partial charge < -0.3 is 0 Å². The lowest BCUT2D eigenvalue weighted by Crippen LogP contribution is -2.30. The molecule has 0 atom stereocenters. The van der Waals surface area contributed by atoms with Crippen molar-refractivity contribution >= 4 is 31.6 Å². The molecule has 0 bridgehead atoms. The maximum atomic E-state index is 12.6. The van der Waals surface area contributed by atoms with Crippen molar-refractivity contribution in [1.29, 1.82) is 0 Å². The third-order valence-corrected chi connectivity index (χ3v) is 7.48. The van der Waals surface area contributed by atoms with Crippen LogP contribution in [0.25, 0.3) is 0 Å². The molecule has 156 valence electrons. The zero-order chi connectivity index (χ0) is 20.9. The van der Waals surface area contributed by atoms with Gasteiger partial charge in [-0.15, -0.1) is 0 Å². The molecular formula is C20H25N3O4S2. The lowest BCUT2D eigenvalue weighted by molar-refractivity contribution is 0.591. The average Bonchev–Trinajstić information content (AvgIpc) is 2.96. The number of amidine groups is 1. The van der Waals surface area contributed by atoms with Crippen molar-refractivity contribution in [2.75, 3.05) is 11.3 Å². The first-order valence-corrected chi connectivity index (χ1v) is 12.5. The number of rotatable bonds is 6. The van der Waals surface area contributed by atoms with E-state index < -0.39 is 20.0 Å². The molecule has 9 heteroatoms. The molecule has 0 radical (unpaired) electrons. The second kappa shape index (κ2) is 8.96. The summed E-state index contributed by atoms with van der Waals surface area (Å²) in [6.45, 7) is 2.62. The van der Waals surface area contributed by atoms with Crippen molar-refractivity contribution in [3.63, 3.8) is 0 Å². The van der Waals surface area contributed by atoms with Gasteiger partial charge in [-0.2, -0.15) is 0 Å². The fourth-order valence-electron chi connectivity index (χ4n) is 2.99. The molecule has 0 fully saturated rings. The Morgan fingerprint density at radius 3 is 2.00 bits per heavy atom. The van der Waals surface area contributed by atoms with Crippen LogP contribution >= 0.6 is 0 Å². The van der Waals surface area contributed by atoms with Crippen LogP contribution in [0.4, 0.5) is 5.69 Å². The minimum Gasteiger partial charge on any atom is -0.280 e. The van der Waals surface area contributed by atoms with Crippen molar-refractivity contribution < 1.29 is 16.8 Å². The molecule has 0 spiro atoms. The third kappa shape index (κ3) is 5.57. The summed E-state index contributed by atoms with van der Waals surface area (Å²) in [5.74, 6) is 0.475. The molecule has 3 rings (SSSR count). The van der Waals surface area contributed by atoms with Crippen molar-refractivity contribution in [2.24, 2.45) is 4.99 Å². The molecule has 2 aromatic rings. The van der Waals surface area contributed by atoms with Gasteiger partial charge in [0.1, 0.15) is 5.84 Å². The van der Waals surface area contributed by atoms with Gasteiger partial charge in [0.25, 0.3) is 20.0 Å². The Kier molecular flexibility index (Phi) is 6.59. The number of hydrogen-bond donors (Lipinski definition) is 2. The summed E-state index contributed by atoms with van der Waals surface area (Å²) in [7, 11) is -7.50. The van der Waals surface area contributed by atoms with Crippen molar-refractivity contribution in [2.45, 2.75) is 48.8 Å². The van der Waals surface area contributed by atoms with Crippen molar-refractivity contribution in [3.8, 4) is 0 Å². The van der Waals surface area contributed by atoms with E-state index in [4.69, 9.17) is 0 Å². The highest BCUT2D eigenvalue weighted by atomic mass is 32.2. The zero-order valence-corrected chi connectivity index (χ0v) is 17.9. The van der Waals surface area contributed by atoms with Crippen LogP contribution < -0.4 is 9.44 Å². The van der Waals surface area contributed by atoms with Crippen LogP contribution in [0.2, 0.25) is 0 Å². The van der Waals surface area contributed by atoms with Crippen LogP contribution in [0.5, 0.6) is 0 Å². The molecule has 0 aliphatic carbocycles. The van der Waals surface area contributed by atoms with E-state index in [-0.39, 0.29) is 15.5 Å². The summed E-state index contributed by atoms with van der Waals surface area (Å²) < 4.78 is 55.2. The summed E-state index contributed by atoms with van der Waals surface area (Å²) in [4.78, 5) is 4.49. The van der Waals surface area contributed by atoms with Gasteiger partial charge in [0.05, 0.1) is 9.79 Å². The number of hydrogen-bond acceptors (Lipinski definition) is 5. The Morgan fingerprint density at radius 2 is 1.38 bits per heavy atom. The fourth-order valence-corrected chi connectivity index (χ4v) is 5.14. The van der Waals surface area contributed by atoms with Gasteiger partial charge in [0.2, 0.25) is 0 Å². The first kappa shape index (κ1) is 21.3. The van der Waals surface area contributed by atoms with E-state index in [1.807, 2.05) is 6.92 Å². The fraction of sp³-hybridized carbons (Fsp3) is 0.350. The predicted molar refractivity (Wildman–Crippen MR) is 114 cm³/mol. The van der Waals surface area contributed by atoms with Gasteiger partial charge in [0.15, 0.2) is 0 Å². The van der Waals surface area contributed by atoms with E-state index in [1.165, 1.54) is 24.3 Å². The number of aryl methyl sites for hydroxylation is 1. The monoisotopic (exact) mass is 435 g/mol. The maximum Gasteiger partial charge on any atom is 0.262 e. The molecule has 1 heterocycles. The van der Waals surface area contributed by atoms with E-state index in [0.29, 0.717) is 18.8 Å². The van der Waals surface area contributed by atoms with Gasteiger partial charge >= 0.3 is 0 Å². The highest BCUT2D eigenvalue weighted by molar-refractivity contribution is 7.92. The second-order valence-electron chi connectivity index (χ2n) is 6.87. The van der Waals surface area contributed by atoms with Crippen LogP contribution in [-0.4, -0.2) is 29.2 Å². The molecule has 7 nitrogen and oxygen atoms in total. The minimum atomic E-state index is -3.75. The standard InChI is InChI=1S/C20H25N3O4S2/c1-2-16-7-11-18(12-8-16)28(24,25)22-17-9-13-19(14-10-17)29(26,27)23-20-6-4-3-5-15-21-20/h7-14,22H,2-6,15H2,1H3,(H,21,23). The minimum absolute atomic E-state index is 0.0553. The topological polar surface area (TPSA) is 105 Å². The van der Waals surface area contributed by atoms with E-state index >= 15 is 0 Å². The number of sulfonamides is 2. The van der Waals surface area contributed by atoms with Crippen LogP contribution in [0.1, 0.15) is 38.2 Å². The molecule has 2 aromatic carbocycles. The van der Waals surface area contributed by atoms with E-state index in [9.17, 15) is 16.8 Å². The number of benzene rings is 2. The van der Waals surface area contributed by atoms with E-state index in [1.54, 1.807) is 24.3 Å². The molecule has 0 saturated carbocycles. The normalized spacial score (nSPS) is 15.3. The Hall–Kier alpha value is -2.39. The average molecular weight is 436 g/mol. The van der Waals surface area contributed by atoms with Gasteiger partial charge in [-0.05, 0) is 61.2 Å². The highest BCUT2D eigenvalue weighted by Gasteiger charge is 2.18. The Labute approximate surface area is 172 Å². The lowest BCUT2D eigenvalue weighted by Gasteiger charge is -2.11. The SMILES string of the molecule is CCc1ccc(S(=O)(=O)Nc2ccc(S(=O)(=O)NC3=NCCCCC3)cc2)cc1. The first-order valence-electron chi connectivity index (χ1n) is 9.58. The molecule has 1 aliphatic heterocycles. The highest BCUT2D eigenvalue weighted by Crippen LogP contribution is 2.19. The Balaban J connectivity index is 1.72. The van der Waals surface area contributed by atoms with Crippen molar-refractivity contribution in [3.05, 3.63) is 54.1 Å². The van der Waals surface area contributed by atoms with Crippen molar-refractivity contribution in [1.82, 2.24) is 4.72 Å². The zero-order valence-electron chi connectivity index (χ0n) is 16.3. The summed E-state index contributed by atoms with van der Waals surface area (Å²) in [6.07, 6.45) is 4.32. The molecule has 0 saturated heterocycles. The molecule has 1 aliphatic rings. The van der Waals surface area contributed by atoms with Gasteiger partial charge in [-0.1, -0.05) is 25.5 Å². The van der Waals surface area contributed by atoms with Gasteiger partial charge in [0, 0.05) is 18.7 Å². The van der Waals surface area contributed by atoms with Crippen LogP contribution in [0, 0.1) is 0 Å². The largest absolute Gasteiger partial charge is 0.280 e. The Morgan fingerprint density at radius 1 is 0.793 bits per heavy atom. The third-order valence-electron chi connectivity index (χ3n) is 4.69. The summed E-state index contributed by atoms with van der Waals surface area (Å²) in [6, 6.07) is 12.3. The molecule has 0 unspecified atom stereocenters. The predicted octanol–water partition coefficient (Wildman–Crippen LogP) is 3.30. The van der Waals surface area contributed by atoms with Crippen LogP contribution in [-0.2, 0) is 26.5 Å². The van der Waals surface area contributed by atoms with Crippen LogP contribution in [0.15, 0.2) is 63.3 Å². The molecule has 2 N–H and O–H groups in total. The van der Waals surface area contributed by atoms with Gasteiger partial charge in [-0.25, -0.2) is 16.8 Å². The second-order valence-corrected chi connectivity index (χ2v) is 10.2. The summed E-state index contributed by atoms with van der Waals surface area (Å²) in [5, 5.41) is 0. The number of anilines is 1. The maximum absolute atomic E-state index is 12.6. The number of nitrogens with zero attached hydrogens (tertiary/aromatic N) is 1. The quantitative estimate of drug-likeness (QED) is 0.726. The Bertz CT molecular complexity index is 1080. The molecular weight excluding hydrogens is 410 g/mol. The van der Waals surface area contributed by atoms with Crippen LogP contribution in [0.3, 0.4) is 0 Å². The lowest BCUT2D eigenvalue weighted by atomic mass is 10.2.